The number of rotatable bonds is 7. The molecule has 0 radical (unpaired) electrons. The summed E-state index contributed by atoms with van der Waals surface area (Å²) >= 11 is 1.12. The second-order valence-corrected chi connectivity index (χ2v) is 7.83. The van der Waals surface area contributed by atoms with Crippen molar-refractivity contribution in [2.45, 2.75) is 5.16 Å². The van der Waals surface area contributed by atoms with Crippen LogP contribution in [0.5, 0.6) is 11.5 Å². The van der Waals surface area contributed by atoms with E-state index in [9.17, 15) is 14.7 Å². The fourth-order valence-electron chi connectivity index (χ4n) is 3.10. The van der Waals surface area contributed by atoms with Gasteiger partial charge in [-0.25, -0.2) is 10.4 Å². The van der Waals surface area contributed by atoms with Gasteiger partial charge in [0.2, 0.25) is 0 Å². The van der Waals surface area contributed by atoms with E-state index in [0.29, 0.717) is 33.1 Å². The molecule has 0 aliphatic heterocycles. The number of phenolic OH excluding ortho intramolecular Hbond substituents is 1. The monoisotopic (exact) mass is 460 g/mol. The number of nitrogens with zero attached hydrogens (tertiary/aromatic N) is 3. The zero-order valence-corrected chi connectivity index (χ0v) is 18.5. The Morgan fingerprint density at radius 3 is 2.61 bits per heavy atom. The highest BCUT2D eigenvalue weighted by Gasteiger charge is 2.15. The Hall–Kier alpha value is -4.11. The van der Waals surface area contributed by atoms with Crippen LogP contribution in [0.4, 0.5) is 0 Å². The van der Waals surface area contributed by atoms with E-state index in [-0.39, 0.29) is 23.0 Å². The van der Waals surface area contributed by atoms with Gasteiger partial charge in [-0.1, -0.05) is 36.0 Å². The third-order valence-electron chi connectivity index (χ3n) is 4.74. The van der Waals surface area contributed by atoms with Gasteiger partial charge in [0.1, 0.15) is 11.5 Å². The number of fused-ring (bicyclic) bond motifs is 1. The van der Waals surface area contributed by atoms with Crippen LogP contribution >= 0.6 is 11.8 Å². The maximum Gasteiger partial charge on any atom is 0.266 e. The molecule has 0 spiro atoms. The molecule has 0 aliphatic rings. The zero-order chi connectivity index (χ0) is 23.2. The Balaban J connectivity index is 1.58. The van der Waals surface area contributed by atoms with Gasteiger partial charge in [0.15, 0.2) is 5.16 Å². The molecule has 166 valence electrons. The second kappa shape index (κ2) is 10.0. The summed E-state index contributed by atoms with van der Waals surface area (Å²) in [5.41, 5.74) is 3.83. The first-order valence-corrected chi connectivity index (χ1v) is 10.9. The molecule has 9 heteroatoms. The number of ether oxygens (including phenoxy) is 1. The molecule has 1 heterocycles. The number of aromatic nitrogens is 2. The molecule has 0 fully saturated rings. The van der Waals surface area contributed by atoms with Crippen molar-refractivity contribution in [1.29, 1.82) is 0 Å². The van der Waals surface area contributed by atoms with Crippen molar-refractivity contribution < 1.29 is 14.6 Å². The normalized spacial score (nSPS) is 11.1. The molecule has 3 aromatic carbocycles. The molecule has 0 unspecified atom stereocenters. The molecule has 0 saturated heterocycles. The highest BCUT2D eigenvalue weighted by atomic mass is 32.2. The summed E-state index contributed by atoms with van der Waals surface area (Å²) in [6.45, 7) is 0. The third kappa shape index (κ3) is 5.04. The predicted molar refractivity (Wildman–Crippen MR) is 128 cm³/mol. The summed E-state index contributed by atoms with van der Waals surface area (Å²) in [6.07, 6.45) is 1.36. The Morgan fingerprint density at radius 1 is 1.12 bits per heavy atom. The number of carbonyl (C=O) groups excluding carboxylic acids is 1. The molecule has 0 saturated carbocycles. The zero-order valence-electron chi connectivity index (χ0n) is 17.6. The molecule has 2 N–H and O–H groups in total. The fraction of sp³-hybridized carbons (Fsp3) is 0.0833. The van der Waals surface area contributed by atoms with Gasteiger partial charge in [0, 0.05) is 5.56 Å². The number of benzene rings is 3. The Labute approximate surface area is 193 Å². The van der Waals surface area contributed by atoms with E-state index >= 15 is 0 Å². The van der Waals surface area contributed by atoms with E-state index in [1.165, 1.54) is 16.8 Å². The van der Waals surface area contributed by atoms with E-state index < -0.39 is 0 Å². The quantitative estimate of drug-likeness (QED) is 0.190. The molecule has 0 bridgehead atoms. The maximum atomic E-state index is 13.2. The van der Waals surface area contributed by atoms with Crippen molar-refractivity contribution in [1.82, 2.24) is 15.0 Å². The molecule has 33 heavy (non-hydrogen) atoms. The van der Waals surface area contributed by atoms with Gasteiger partial charge in [0.25, 0.3) is 11.5 Å². The number of thioether (sulfide) groups is 1. The smallest absolute Gasteiger partial charge is 0.266 e. The summed E-state index contributed by atoms with van der Waals surface area (Å²) in [5, 5.41) is 14.5. The number of methoxy groups -OCH3 is 1. The van der Waals surface area contributed by atoms with E-state index in [2.05, 4.69) is 15.5 Å². The van der Waals surface area contributed by atoms with Crippen LogP contribution in [-0.4, -0.2) is 39.6 Å². The maximum absolute atomic E-state index is 13.2. The van der Waals surface area contributed by atoms with Gasteiger partial charge in [-0.2, -0.15) is 5.10 Å². The molecule has 0 atom stereocenters. The Kier molecular flexibility index (Phi) is 6.70. The molecule has 8 nitrogen and oxygen atoms in total. The van der Waals surface area contributed by atoms with E-state index in [1.807, 2.05) is 0 Å². The predicted octanol–water partition coefficient (Wildman–Crippen LogP) is 3.34. The van der Waals surface area contributed by atoms with Crippen molar-refractivity contribution in [3.63, 3.8) is 0 Å². The molecule has 0 aliphatic carbocycles. The van der Waals surface area contributed by atoms with Crippen molar-refractivity contribution in [2.24, 2.45) is 5.10 Å². The number of hydrogen-bond acceptors (Lipinski definition) is 7. The van der Waals surface area contributed by atoms with Gasteiger partial charge in [-0.3, -0.25) is 14.2 Å². The number of para-hydroxylation sites is 2. The highest BCUT2D eigenvalue weighted by molar-refractivity contribution is 7.99. The van der Waals surface area contributed by atoms with Crippen LogP contribution in [0.25, 0.3) is 16.6 Å². The van der Waals surface area contributed by atoms with Gasteiger partial charge in [-0.15, -0.1) is 0 Å². The van der Waals surface area contributed by atoms with Crippen molar-refractivity contribution >= 4 is 34.8 Å². The van der Waals surface area contributed by atoms with Gasteiger partial charge < -0.3 is 9.84 Å². The number of aromatic hydroxyl groups is 1. The van der Waals surface area contributed by atoms with Crippen LogP contribution in [0.2, 0.25) is 0 Å². The lowest BCUT2D eigenvalue weighted by Crippen LogP contribution is -2.24. The SMILES string of the molecule is COc1ccc(-n2c(SCC(=O)N/N=C/c3ccccc3O)nc3ccccc3c2=O)cc1. The lowest BCUT2D eigenvalue weighted by molar-refractivity contribution is -0.118. The van der Waals surface area contributed by atoms with Gasteiger partial charge in [-0.05, 0) is 48.5 Å². The fourth-order valence-corrected chi connectivity index (χ4v) is 3.91. The molecule has 1 aromatic heterocycles. The summed E-state index contributed by atoms with van der Waals surface area (Å²) in [7, 11) is 1.57. The summed E-state index contributed by atoms with van der Waals surface area (Å²) in [4.78, 5) is 30.2. The molecular weight excluding hydrogens is 440 g/mol. The molecular formula is C24H20N4O4S. The lowest BCUT2D eigenvalue weighted by atomic mass is 10.2. The topological polar surface area (TPSA) is 106 Å². The average molecular weight is 461 g/mol. The molecule has 1 amide bonds. The minimum atomic E-state index is -0.379. The van der Waals surface area contributed by atoms with Crippen LogP contribution < -0.4 is 15.7 Å². The highest BCUT2D eigenvalue weighted by Crippen LogP contribution is 2.22. The standard InChI is InChI=1S/C24H20N4O4S/c1-32-18-12-10-17(11-13-18)28-23(31)19-7-3-4-8-20(19)26-24(28)33-15-22(30)27-25-14-16-6-2-5-9-21(16)29/h2-14,29H,15H2,1H3,(H,27,30)/b25-14+. The number of hydrogen-bond donors (Lipinski definition) is 2. The first-order valence-electron chi connectivity index (χ1n) is 9.96. The van der Waals surface area contributed by atoms with E-state index in [1.54, 1.807) is 73.8 Å². The van der Waals surface area contributed by atoms with Crippen LogP contribution in [0.1, 0.15) is 5.56 Å². The van der Waals surface area contributed by atoms with E-state index in [0.717, 1.165) is 11.8 Å². The summed E-state index contributed by atoms with van der Waals surface area (Å²) in [5.74, 6) is 0.333. The van der Waals surface area contributed by atoms with Crippen LogP contribution in [0.3, 0.4) is 0 Å². The van der Waals surface area contributed by atoms with Gasteiger partial charge >= 0.3 is 0 Å². The molecule has 4 rings (SSSR count). The minimum Gasteiger partial charge on any atom is -0.507 e. The minimum absolute atomic E-state index is 0.0148. The van der Waals surface area contributed by atoms with Crippen molar-refractivity contribution in [3.8, 4) is 17.2 Å². The van der Waals surface area contributed by atoms with Crippen molar-refractivity contribution in [2.75, 3.05) is 12.9 Å². The first-order chi connectivity index (χ1) is 16.1. The average Bonchev–Trinajstić information content (AvgIpc) is 2.84. The number of nitrogens with one attached hydrogen (secondary N) is 1. The van der Waals surface area contributed by atoms with Gasteiger partial charge in [0.05, 0.1) is 35.7 Å². The van der Waals surface area contributed by atoms with Crippen LogP contribution in [0.15, 0.2) is 87.8 Å². The lowest BCUT2D eigenvalue weighted by Gasteiger charge is -2.13. The first kappa shape index (κ1) is 22.1. The van der Waals surface area contributed by atoms with Crippen molar-refractivity contribution in [3.05, 3.63) is 88.7 Å². The molecule has 4 aromatic rings. The number of hydrazone groups is 1. The second-order valence-electron chi connectivity index (χ2n) is 6.89. The number of phenols is 1. The van der Waals surface area contributed by atoms with E-state index in [4.69, 9.17) is 4.74 Å². The largest absolute Gasteiger partial charge is 0.507 e. The number of carbonyl (C=O) groups is 1. The summed E-state index contributed by atoms with van der Waals surface area (Å²) in [6, 6.07) is 20.8. The van der Waals surface area contributed by atoms with Crippen LogP contribution in [-0.2, 0) is 4.79 Å². The third-order valence-corrected chi connectivity index (χ3v) is 5.68. The Morgan fingerprint density at radius 2 is 1.85 bits per heavy atom. The number of amides is 1. The van der Waals surface area contributed by atoms with Crippen LogP contribution in [0, 0.1) is 0 Å². The summed E-state index contributed by atoms with van der Waals surface area (Å²) < 4.78 is 6.68. The Bertz CT molecular complexity index is 1380.